The van der Waals surface area contributed by atoms with Crippen LogP contribution in [0.15, 0.2) is 91.3 Å². The number of nitrogens with zero attached hydrogens (tertiary/aromatic N) is 2. The van der Waals surface area contributed by atoms with Gasteiger partial charge in [0.1, 0.15) is 28.5 Å². The summed E-state index contributed by atoms with van der Waals surface area (Å²) in [4.78, 5) is 7.63. The number of benzene rings is 3. The molecule has 5 rings (SSSR count). The highest BCUT2D eigenvalue weighted by atomic mass is 19.1. The second kappa shape index (κ2) is 7.52. The minimum Gasteiger partial charge on any atom is -0.333 e. The first-order valence-corrected chi connectivity index (χ1v) is 9.65. The van der Waals surface area contributed by atoms with E-state index in [-0.39, 0.29) is 11.6 Å². The van der Waals surface area contributed by atoms with Crippen LogP contribution in [0.3, 0.4) is 0 Å². The molecular formula is C25H18F2N3+. The molecule has 2 aromatic heterocycles. The van der Waals surface area contributed by atoms with E-state index in [9.17, 15) is 8.78 Å². The first kappa shape index (κ1) is 18.2. The van der Waals surface area contributed by atoms with E-state index in [0.29, 0.717) is 23.5 Å². The number of halogens is 2. The van der Waals surface area contributed by atoms with Crippen LogP contribution >= 0.6 is 0 Å². The monoisotopic (exact) mass is 398 g/mol. The van der Waals surface area contributed by atoms with Crippen molar-refractivity contribution in [1.29, 1.82) is 0 Å². The molecule has 30 heavy (non-hydrogen) atoms. The zero-order chi connectivity index (χ0) is 20.5. The quantitative estimate of drug-likeness (QED) is 0.398. The fourth-order valence-electron chi connectivity index (χ4n) is 3.56. The first-order chi connectivity index (χ1) is 14.7. The highest BCUT2D eigenvalue weighted by molar-refractivity contribution is 5.77. The van der Waals surface area contributed by atoms with Gasteiger partial charge in [0.05, 0.1) is 11.1 Å². The molecule has 146 valence electrons. The standard InChI is InChI=1S/C25H17F2N3/c26-21-9-5-4-8-20(21)25-28-23-12-13-30(16-24(23)29-25)15-19-11-10-18(14-22(19)27)17-6-2-1-3-7-17/h1-14,16H,15H2/p+1. The Morgan fingerprint density at radius 3 is 2.40 bits per heavy atom. The summed E-state index contributed by atoms with van der Waals surface area (Å²) in [5.74, 6) is -0.107. The van der Waals surface area contributed by atoms with Crippen LogP contribution < -0.4 is 4.57 Å². The molecule has 0 aliphatic rings. The van der Waals surface area contributed by atoms with Crippen molar-refractivity contribution in [3.63, 3.8) is 0 Å². The molecule has 0 saturated carbocycles. The van der Waals surface area contributed by atoms with Gasteiger partial charge in [0, 0.05) is 6.07 Å². The van der Waals surface area contributed by atoms with Crippen molar-refractivity contribution in [1.82, 2.24) is 9.97 Å². The topological polar surface area (TPSA) is 32.6 Å². The van der Waals surface area contributed by atoms with Gasteiger partial charge in [-0.3, -0.25) is 0 Å². The van der Waals surface area contributed by atoms with Gasteiger partial charge in [-0.1, -0.05) is 48.5 Å². The van der Waals surface area contributed by atoms with Gasteiger partial charge in [0.2, 0.25) is 0 Å². The molecule has 0 aliphatic carbocycles. The maximum Gasteiger partial charge on any atom is 0.195 e. The SMILES string of the molecule is Fc1cc(-c2ccccc2)ccc1C[n+]1ccc2nc(-c3ccccc3F)[nH]c2c1. The third kappa shape index (κ3) is 3.46. The molecule has 0 fully saturated rings. The fraction of sp³-hybridized carbons (Fsp3) is 0.0400. The van der Waals surface area contributed by atoms with Crippen molar-refractivity contribution < 1.29 is 13.3 Å². The first-order valence-electron chi connectivity index (χ1n) is 9.65. The number of aromatic amines is 1. The summed E-state index contributed by atoms with van der Waals surface area (Å²) in [6.45, 7) is 0.380. The summed E-state index contributed by atoms with van der Waals surface area (Å²) in [7, 11) is 0. The van der Waals surface area contributed by atoms with Gasteiger partial charge in [-0.05, 0) is 35.4 Å². The molecule has 0 amide bonds. The number of nitrogens with one attached hydrogen (secondary N) is 1. The Morgan fingerprint density at radius 1 is 0.800 bits per heavy atom. The maximum atomic E-state index is 14.7. The van der Waals surface area contributed by atoms with Gasteiger partial charge in [0.25, 0.3) is 0 Å². The summed E-state index contributed by atoms with van der Waals surface area (Å²) in [6.07, 6.45) is 3.70. The van der Waals surface area contributed by atoms with Gasteiger partial charge in [-0.15, -0.1) is 0 Å². The van der Waals surface area contributed by atoms with Gasteiger partial charge in [-0.25, -0.2) is 13.8 Å². The smallest absolute Gasteiger partial charge is 0.195 e. The average Bonchev–Trinajstić information content (AvgIpc) is 3.19. The predicted octanol–water partition coefficient (Wildman–Crippen LogP) is 5.51. The second-order valence-electron chi connectivity index (χ2n) is 7.15. The summed E-state index contributed by atoms with van der Waals surface area (Å²) in [5.41, 5.74) is 4.33. The minimum atomic E-state index is -0.329. The van der Waals surface area contributed by atoms with Crippen molar-refractivity contribution in [2.45, 2.75) is 6.54 Å². The Balaban J connectivity index is 1.44. The predicted molar refractivity (Wildman–Crippen MR) is 113 cm³/mol. The van der Waals surface area contributed by atoms with Gasteiger partial charge in [0.15, 0.2) is 18.9 Å². The second-order valence-corrected chi connectivity index (χ2v) is 7.15. The fourth-order valence-corrected chi connectivity index (χ4v) is 3.56. The van der Waals surface area contributed by atoms with Gasteiger partial charge >= 0.3 is 0 Å². The van der Waals surface area contributed by atoms with Crippen LogP contribution in [0, 0.1) is 11.6 Å². The van der Waals surface area contributed by atoms with Crippen LogP contribution in [0.2, 0.25) is 0 Å². The Kier molecular flexibility index (Phi) is 4.56. The molecule has 0 radical (unpaired) electrons. The highest BCUT2D eigenvalue weighted by Gasteiger charge is 2.14. The Labute approximate surface area is 172 Å². The van der Waals surface area contributed by atoms with Crippen LogP contribution in [-0.4, -0.2) is 9.97 Å². The van der Waals surface area contributed by atoms with Crippen LogP contribution in [0.1, 0.15) is 5.56 Å². The minimum absolute atomic E-state index is 0.249. The molecule has 2 heterocycles. The number of hydrogen-bond donors (Lipinski definition) is 1. The molecular weight excluding hydrogens is 380 g/mol. The lowest BCUT2D eigenvalue weighted by atomic mass is 10.0. The third-order valence-corrected chi connectivity index (χ3v) is 5.12. The number of pyridine rings is 1. The summed E-state index contributed by atoms with van der Waals surface area (Å²) in [6, 6.07) is 23.4. The third-order valence-electron chi connectivity index (χ3n) is 5.12. The van der Waals surface area contributed by atoms with E-state index in [1.807, 2.05) is 65.5 Å². The van der Waals surface area contributed by atoms with Crippen LogP contribution in [0.4, 0.5) is 8.78 Å². The molecule has 0 atom stereocenters. The van der Waals surface area contributed by atoms with Gasteiger partial charge in [-0.2, -0.15) is 4.57 Å². The molecule has 0 aliphatic heterocycles. The van der Waals surface area contributed by atoms with Crippen molar-refractivity contribution in [2.24, 2.45) is 0 Å². The van der Waals surface area contributed by atoms with Crippen molar-refractivity contribution in [2.75, 3.05) is 0 Å². The van der Waals surface area contributed by atoms with E-state index >= 15 is 0 Å². The summed E-state index contributed by atoms with van der Waals surface area (Å²) in [5, 5.41) is 0. The number of fused-ring (bicyclic) bond motifs is 1. The largest absolute Gasteiger partial charge is 0.333 e. The lowest BCUT2D eigenvalue weighted by molar-refractivity contribution is -0.687. The number of rotatable bonds is 4. The maximum absolute atomic E-state index is 14.7. The Hall–Kier alpha value is -3.86. The Morgan fingerprint density at radius 2 is 1.60 bits per heavy atom. The van der Waals surface area contributed by atoms with E-state index in [4.69, 9.17) is 0 Å². The highest BCUT2D eigenvalue weighted by Crippen LogP contribution is 2.23. The number of hydrogen-bond acceptors (Lipinski definition) is 1. The summed E-state index contributed by atoms with van der Waals surface area (Å²) >= 11 is 0. The molecule has 0 bridgehead atoms. The lowest BCUT2D eigenvalue weighted by Crippen LogP contribution is -2.33. The van der Waals surface area contributed by atoms with E-state index in [1.165, 1.54) is 6.07 Å². The van der Waals surface area contributed by atoms with Crippen LogP contribution in [0.25, 0.3) is 33.5 Å². The molecule has 0 spiro atoms. The normalized spacial score (nSPS) is 11.1. The van der Waals surface area contributed by atoms with Crippen LogP contribution in [0.5, 0.6) is 0 Å². The van der Waals surface area contributed by atoms with E-state index < -0.39 is 0 Å². The molecule has 3 aromatic carbocycles. The summed E-state index contributed by atoms with van der Waals surface area (Å²) < 4.78 is 30.7. The van der Waals surface area contributed by atoms with Gasteiger partial charge < -0.3 is 4.98 Å². The van der Waals surface area contributed by atoms with E-state index in [2.05, 4.69) is 9.97 Å². The lowest BCUT2D eigenvalue weighted by Gasteiger charge is -2.05. The molecule has 0 unspecified atom stereocenters. The van der Waals surface area contributed by atoms with Crippen molar-refractivity contribution >= 4 is 11.0 Å². The van der Waals surface area contributed by atoms with Crippen molar-refractivity contribution in [3.05, 3.63) is 108 Å². The molecule has 5 heteroatoms. The van der Waals surface area contributed by atoms with E-state index in [1.54, 1.807) is 24.3 Å². The molecule has 0 saturated heterocycles. The number of aromatic nitrogens is 3. The zero-order valence-electron chi connectivity index (χ0n) is 16.0. The van der Waals surface area contributed by atoms with Crippen molar-refractivity contribution in [3.8, 4) is 22.5 Å². The number of imidazole rings is 1. The van der Waals surface area contributed by atoms with E-state index in [0.717, 1.165) is 22.2 Å². The molecule has 1 N–H and O–H groups in total. The molecule has 5 aromatic rings. The Bertz CT molecular complexity index is 1340. The molecule has 3 nitrogen and oxygen atoms in total. The van der Waals surface area contributed by atoms with Crippen LogP contribution in [-0.2, 0) is 6.54 Å². The zero-order valence-corrected chi connectivity index (χ0v) is 16.0. The number of H-pyrrole nitrogens is 1. The average molecular weight is 398 g/mol.